The molecule has 1 amide bonds. The summed E-state index contributed by atoms with van der Waals surface area (Å²) in [7, 11) is 2.91. The van der Waals surface area contributed by atoms with E-state index in [2.05, 4.69) is 0 Å². The Balaban J connectivity index is 1.73. The normalized spacial score (nSPS) is 18.2. The average Bonchev–Trinajstić information content (AvgIpc) is 3.17. The highest BCUT2D eigenvalue weighted by Crippen LogP contribution is 2.46. The van der Waals surface area contributed by atoms with Crippen molar-refractivity contribution in [3.05, 3.63) is 81.3 Å². The van der Waals surface area contributed by atoms with Gasteiger partial charge in [-0.25, -0.2) is 0 Å². The summed E-state index contributed by atoms with van der Waals surface area (Å²) in [6, 6.07) is 13.7. The first-order chi connectivity index (χ1) is 17.8. The molecule has 1 unspecified atom stereocenters. The summed E-state index contributed by atoms with van der Waals surface area (Å²) in [5.41, 5.74) is 0.881. The Morgan fingerprint density at radius 2 is 1.65 bits per heavy atom. The van der Waals surface area contributed by atoms with Crippen molar-refractivity contribution in [2.24, 2.45) is 0 Å². The van der Waals surface area contributed by atoms with Gasteiger partial charge in [-0.05, 0) is 42.0 Å². The number of carbonyl (C=O) groups is 2. The number of halogens is 2. The Hall–Kier alpha value is -3.88. The molecule has 0 bridgehead atoms. The highest BCUT2D eigenvalue weighted by atomic mass is 35.5. The van der Waals surface area contributed by atoms with Crippen molar-refractivity contribution in [1.82, 2.24) is 0 Å². The largest absolute Gasteiger partial charge is 0.507 e. The standard InChI is InChI=1S/C27H21Cl2NO7/c1-34-17-6-3-14(4-7-17)23-22(24(31)18-11-15(28)12-19(29)26(18)35-2)25(32)27(33)30(23)16-5-8-20-21(13-16)37-10-9-36-20/h3-8,11-13,23,31H,9-10H2,1-2H3/b24-22+. The van der Waals surface area contributed by atoms with Crippen molar-refractivity contribution in [2.45, 2.75) is 6.04 Å². The highest BCUT2D eigenvalue weighted by Gasteiger charge is 2.47. The van der Waals surface area contributed by atoms with Crippen LogP contribution in [-0.4, -0.2) is 44.2 Å². The Morgan fingerprint density at radius 1 is 0.946 bits per heavy atom. The summed E-state index contributed by atoms with van der Waals surface area (Å²) in [6.45, 7) is 0.763. The number of anilines is 1. The van der Waals surface area contributed by atoms with E-state index in [0.29, 0.717) is 41.7 Å². The van der Waals surface area contributed by atoms with E-state index in [0.717, 1.165) is 0 Å². The van der Waals surface area contributed by atoms with Gasteiger partial charge < -0.3 is 24.1 Å². The van der Waals surface area contributed by atoms with Gasteiger partial charge in [0.2, 0.25) is 0 Å². The molecule has 1 fully saturated rings. The molecule has 5 rings (SSSR count). The van der Waals surface area contributed by atoms with Crippen molar-refractivity contribution < 1.29 is 33.6 Å². The molecule has 1 saturated heterocycles. The van der Waals surface area contributed by atoms with Gasteiger partial charge in [0.25, 0.3) is 11.7 Å². The van der Waals surface area contributed by atoms with E-state index in [1.165, 1.54) is 31.3 Å². The molecule has 2 aliphatic rings. The zero-order valence-corrected chi connectivity index (χ0v) is 21.3. The number of amides is 1. The molecule has 190 valence electrons. The van der Waals surface area contributed by atoms with E-state index < -0.39 is 23.5 Å². The number of nitrogens with zero attached hydrogens (tertiary/aromatic N) is 1. The summed E-state index contributed by atoms with van der Waals surface area (Å²) < 4.78 is 21.9. The Morgan fingerprint density at radius 3 is 2.32 bits per heavy atom. The molecule has 8 nitrogen and oxygen atoms in total. The first-order valence-corrected chi connectivity index (χ1v) is 12.0. The maximum absolute atomic E-state index is 13.5. The first-order valence-electron chi connectivity index (χ1n) is 11.2. The van der Waals surface area contributed by atoms with Crippen LogP contribution in [0.15, 0.2) is 60.2 Å². The van der Waals surface area contributed by atoms with Gasteiger partial charge >= 0.3 is 0 Å². The van der Waals surface area contributed by atoms with Crippen molar-refractivity contribution in [2.75, 3.05) is 32.3 Å². The molecule has 3 aromatic carbocycles. The van der Waals surface area contributed by atoms with Gasteiger partial charge in [0.1, 0.15) is 30.5 Å². The Bertz CT molecular complexity index is 1440. The van der Waals surface area contributed by atoms with Crippen LogP contribution in [0.2, 0.25) is 10.0 Å². The third-order valence-electron chi connectivity index (χ3n) is 6.15. The number of fused-ring (bicyclic) bond motifs is 1. The molecule has 0 saturated carbocycles. The fourth-order valence-corrected chi connectivity index (χ4v) is 5.04. The number of methoxy groups -OCH3 is 2. The number of aliphatic hydroxyl groups is 1. The lowest BCUT2D eigenvalue weighted by atomic mass is 9.94. The number of aliphatic hydroxyl groups excluding tert-OH is 1. The predicted octanol–water partition coefficient (Wildman–Crippen LogP) is 5.41. The Kier molecular flexibility index (Phi) is 6.62. The number of hydrogen-bond acceptors (Lipinski definition) is 7. The van der Waals surface area contributed by atoms with Crippen LogP contribution in [0.4, 0.5) is 5.69 Å². The van der Waals surface area contributed by atoms with E-state index in [1.807, 2.05) is 0 Å². The molecule has 0 radical (unpaired) electrons. The number of ketones is 1. The first kappa shape index (κ1) is 24.8. The van der Waals surface area contributed by atoms with Gasteiger partial charge in [-0.2, -0.15) is 0 Å². The third-order valence-corrected chi connectivity index (χ3v) is 6.65. The maximum atomic E-state index is 13.5. The molecule has 0 aromatic heterocycles. The highest BCUT2D eigenvalue weighted by molar-refractivity contribution is 6.52. The monoisotopic (exact) mass is 541 g/mol. The van der Waals surface area contributed by atoms with Crippen molar-refractivity contribution in [3.63, 3.8) is 0 Å². The van der Waals surface area contributed by atoms with Gasteiger partial charge in [-0.3, -0.25) is 14.5 Å². The van der Waals surface area contributed by atoms with Crippen LogP contribution >= 0.6 is 23.2 Å². The van der Waals surface area contributed by atoms with Crippen LogP contribution in [0.3, 0.4) is 0 Å². The number of benzene rings is 3. The van der Waals surface area contributed by atoms with E-state index in [1.54, 1.807) is 42.5 Å². The lowest BCUT2D eigenvalue weighted by Gasteiger charge is -2.27. The van der Waals surface area contributed by atoms with Gasteiger partial charge in [-0.15, -0.1) is 0 Å². The van der Waals surface area contributed by atoms with Crippen LogP contribution in [0.5, 0.6) is 23.0 Å². The molecular weight excluding hydrogens is 521 g/mol. The summed E-state index contributed by atoms with van der Waals surface area (Å²) in [4.78, 5) is 28.3. The molecule has 1 atom stereocenters. The topological polar surface area (TPSA) is 94.5 Å². The number of rotatable bonds is 5. The summed E-state index contributed by atoms with van der Waals surface area (Å²) in [5, 5.41) is 11.8. The zero-order chi connectivity index (χ0) is 26.3. The summed E-state index contributed by atoms with van der Waals surface area (Å²) >= 11 is 12.5. The third kappa shape index (κ3) is 4.32. The van der Waals surface area contributed by atoms with E-state index in [-0.39, 0.29) is 26.9 Å². The van der Waals surface area contributed by atoms with E-state index >= 15 is 0 Å². The van der Waals surface area contributed by atoms with Crippen LogP contribution in [0, 0.1) is 0 Å². The second kappa shape index (κ2) is 9.88. The fourth-order valence-electron chi connectivity index (χ4n) is 4.47. The van der Waals surface area contributed by atoms with Gasteiger partial charge in [0.05, 0.1) is 36.4 Å². The van der Waals surface area contributed by atoms with Crippen molar-refractivity contribution in [3.8, 4) is 23.0 Å². The fraction of sp³-hybridized carbons (Fsp3) is 0.185. The second-order valence-corrected chi connectivity index (χ2v) is 9.08. The summed E-state index contributed by atoms with van der Waals surface area (Å²) in [5.74, 6) is -0.503. The second-order valence-electron chi connectivity index (χ2n) is 8.24. The van der Waals surface area contributed by atoms with Crippen LogP contribution in [-0.2, 0) is 9.59 Å². The molecule has 1 N–H and O–H groups in total. The minimum Gasteiger partial charge on any atom is -0.507 e. The van der Waals surface area contributed by atoms with Crippen molar-refractivity contribution >= 4 is 46.3 Å². The van der Waals surface area contributed by atoms with Crippen LogP contribution in [0.1, 0.15) is 17.2 Å². The quantitative estimate of drug-likeness (QED) is 0.262. The average molecular weight is 542 g/mol. The molecule has 0 aliphatic carbocycles. The number of ether oxygens (including phenoxy) is 4. The zero-order valence-electron chi connectivity index (χ0n) is 19.8. The minimum atomic E-state index is -0.990. The number of carbonyl (C=O) groups excluding carboxylic acids is 2. The van der Waals surface area contributed by atoms with Crippen LogP contribution < -0.4 is 23.8 Å². The molecule has 2 aliphatic heterocycles. The Labute approximate surface area is 222 Å². The lowest BCUT2D eigenvalue weighted by molar-refractivity contribution is -0.132. The van der Waals surface area contributed by atoms with Crippen molar-refractivity contribution in [1.29, 1.82) is 0 Å². The number of hydrogen-bond donors (Lipinski definition) is 1. The van der Waals surface area contributed by atoms with E-state index in [4.69, 9.17) is 42.1 Å². The lowest BCUT2D eigenvalue weighted by Crippen LogP contribution is -2.29. The van der Waals surface area contributed by atoms with Gasteiger partial charge in [0.15, 0.2) is 11.5 Å². The molecule has 3 aromatic rings. The molecule has 0 spiro atoms. The van der Waals surface area contributed by atoms with Gasteiger partial charge in [0, 0.05) is 16.8 Å². The maximum Gasteiger partial charge on any atom is 0.300 e. The smallest absolute Gasteiger partial charge is 0.300 e. The summed E-state index contributed by atoms with van der Waals surface area (Å²) in [6.07, 6.45) is 0. The minimum absolute atomic E-state index is 0.0821. The predicted molar refractivity (Wildman–Crippen MR) is 138 cm³/mol. The molecule has 10 heteroatoms. The number of Topliss-reactive ketones (excluding diaryl/α,β-unsaturated/α-hetero) is 1. The molecule has 37 heavy (non-hydrogen) atoms. The van der Waals surface area contributed by atoms with Gasteiger partial charge in [-0.1, -0.05) is 35.3 Å². The van der Waals surface area contributed by atoms with Crippen LogP contribution in [0.25, 0.3) is 5.76 Å². The molecular formula is C27H21Cl2NO7. The SMILES string of the molecule is COc1ccc(C2/C(=C(\O)c3cc(Cl)cc(Cl)c3OC)C(=O)C(=O)N2c2ccc3c(c2)OCCO3)cc1. The molecule has 2 heterocycles. The van der Waals surface area contributed by atoms with E-state index in [9.17, 15) is 14.7 Å².